The van der Waals surface area contributed by atoms with Crippen molar-refractivity contribution in [1.82, 2.24) is 10.2 Å². The van der Waals surface area contributed by atoms with E-state index >= 15 is 0 Å². The van der Waals surface area contributed by atoms with Gasteiger partial charge in [0.2, 0.25) is 5.91 Å². The third-order valence-corrected chi connectivity index (χ3v) is 6.20. The average Bonchev–Trinajstić information content (AvgIpc) is 3.11. The van der Waals surface area contributed by atoms with Crippen LogP contribution in [-0.2, 0) is 4.79 Å². The van der Waals surface area contributed by atoms with Gasteiger partial charge in [0, 0.05) is 49.0 Å². The predicted molar refractivity (Wildman–Crippen MR) is 108 cm³/mol. The van der Waals surface area contributed by atoms with Crippen LogP contribution < -0.4 is 10.2 Å². The van der Waals surface area contributed by atoms with E-state index in [4.69, 9.17) is 0 Å². The topological polar surface area (TPSA) is 37.7 Å². The molecule has 0 N–H and O–H groups in total. The lowest BCUT2D eigenvalue weighted by Gasteiger charge is -2.38. The third-order valence-electron chi connectivity index (χ3n) is 6.20. The summed E-state index contributed by atoms with van der Waals surface area (Å²) in [6.45, 7) is 2.80. The van der Waals surface area contributed by atoms with E-state index in [0.29, 0.717) is 19.5 Å². The molecule has 29 heavy (non-hydrogen) atoms. The Morgan fingerprint density at radius 2 is 1.69 bits per heavy atom. The SMILES string of the molecule is O=C(C1CCC2=C(C1)c1cc(F)ccc1[N]2)N1CCN(c2ccc(F)cc2)CC1. The maximum absolute atomic E-state index is 13.7. The summed E-state index contributed by atoms with van der Waals surface area (Å²) in [5, 5.41) is 4.63. The quantitative estimate of drug-likeness (QED) is 0.770. The van der Waals surface area contributed by atoms with Crippen molar-refractivity contribution in [3.8, 4) is 0 Å². The van der Waals surface area contributed by atoms with Gasteiger partial charge in [-0.05, 0) is 67.3 Å². The van der Waals surface area contributed by atoms with E-state index in [1.165, 1.54) is 24.3 Å². The molecule has 1 atom stereocenters. The first kappa shape index (κ1) is 18.2. The van der Waals surface area contributed by atoms with Gasteiger partial charge in [0.05, 0.1) is 5.69 Å². The highest BCUT2D eigenvalue weighted by molar-refractivity contribution is 5.87. The Bertz CT molecular complexity index is 978. The Morgan fingerprint density at radius 1 is 0.966 bits per heavy atom. The van der Waals surface area contributed by atoms with Crippen LogP contribution in [0.15, 0.2) is 48.2 Å². The van der Waals surface area contributed by atoms with Gasteiger partial charge in [0.1, 0.15) is 11.6 Å². The molecule has 2 aliphatic heterocycles. The molecule has 1 saturated heterocycles. The molecule has 149 valence electrons. The molecule has 1 aliphatic carbocycles. The van der Waals surface area contributed by atoms with Crippen LogP contribution >= 0.6 is 0 Å². The molecule has 1 fully saturated rings. The van der Waals surface area contributed by atoms with E-state index < -0.39 is 0 Å². The van der Waals surface area contributed by atoms with Gasteiger partial charge in [-0.2, -0.15) is 0 Å². The molecule has 0 spiro atoms. The number of rotatable bonds is 2. The molecule has 1 radical (unpaired) electrons. The van der Waals surface area contributed by atoms with Crippen molar-refractivity contribution in [3.63, 3.8) is 0 Å². The lowest BCUT2D eigenvalue weighted by molar-refractivity contribution is -0.136. The second-order valence-corrected chi connectivity index (χ2v) is 7.93. The maximum atomic E-state index is 13.7. The van der Waals surface area contributed by atoms with Crippen LogP contribution in [0.4, 0.5) is 20.2 Å². The molecule has 1 unspecified atom stereocenters. The summed E-state index contributed by atoms with van der Waals surface area (Å²) in [4.78, 5) is 17.3. The van der Waals surface area contributed by atoms with Gasteiger partial charge in [-0.1, -0.05) is 0 Å². The summed E-state index contributed by atoms with van der Waals surface area (Å²) in [6, 6.07) is 11.2. The van der Waals surface area contributed by atoms with Gasteiger partial charge < -0.3 is 9.80 Å². The molecule has 2 aromatic carbocycles. The number of allylic oxidation sites excluding steroid dienone is 2. The van der Waals surface area contributed by atoms with Crippen LogP contribution in [0.3, 0.4) is 0 Å². The van der Waals surface area contributed by atoms with E-state index in [2.05, 4.69) is 10.2 Å². The van der Waals surface area contributed by atoms with Crippen molar-refractivity contribution in [2.45, 2.75) is 19.3 Å². The lowest BCUT2D eigenvalue weighted by atomic mass is 9.84. The summed E-state index contributed by atoms with van der Waals surface area (Å²) < 4.78 is 26.8. The van der Waals surface area contributed by atoms with Crippen molar-refractivity contribution in [1.29, 1.82) is 0 Å². The van der Waals surface area contributed by atoms with E-state index in [0.717, 1.165) is 54.1 Å². The van der Waals surface area contributed by atoms with Gasteiger partial charge in [0.25, 0.3) is 0 Å². The number of carbonyl (C=O) groups excluding carboxylic acids is 1. The van der Waals surface area contributed by atoms with Crippen LogP contribution in [0, 0.1) is 17.6 Å². The minimum Gasteiger partial charge on any atom is -0.368 e. The molecule has 5 rings (SSSR count). The number of benzene rings is 2. The highest BCUT2D eigenvalue weighted by Gasteiger charge is 2.35. The first-order chi connectivity index (χ1) is 14.1. The largest absolute Gasteiger partial charge is 0.368 e. The number of nitrogens with zero attached hydrogens (tertiary/aromatic N) is 3. The fraction of sp³-hybridized carbons (Fsp3) is 0.348. The van der Waals surface area contributed by atoms with E-state index in [9.17, 15) is 13.6 Å². The number of anilines is 1. The molecule has 6 heteroatoms. The van der Waals surface area contributed by atoms with Gasteiger partial charge >= 0.3 is 0 Å². The molecular formula is C23H22F2N3O. The van der Waals surface area contributed by atoms with Crippen LogP contribution in [0.2, 0.25) is 0 Å². The normalized spacial score (nSPS) is 21.0. The standard InChI is InChI=1S/C23H22F2N3O/c24-16-2-5-18(6-3-16)27-9-11-28(12-10-27)23(29)15-1-7-21-19(13-15)20-14-17(25)4-8-22(20)26-21/h2-6,8,14-15H,1,7,9-13H2. The Hall–Kier alpha value is -2.89. The number of halogens is 2. The van der Waals surface area contributed by atoms with Crippen LogP contribution in [0.25, 0.3) is 5.57 Å². The summed E-state index contributed by atoms with van der Waals surface area (Å²) in [7, 11) is 0. The lowest BCUT2D eigenvalue weighted by Crippen LogP contribution is -2.50. The van der Waals surface area contributed by atoms with Gasteiger partial charge in [-0.3, -0.25) is 10.1 Å². The fourth-order valence-corrected chi connectivity index (χ4v) is 4.62. The second-order valence-electron chi connectivity index (χ2n) is 7.93. The molecule has 0 bridgehead atoms. The monoisotopic (exact) mass is 394 g/mol. The maximum Gasteiger partial charge on any atom is 0.226 e. The molecule has 1 amide bonds. The summed E-state index contributed by atoms with van der Waals surface area (Å²) in [5.41, 5.74) is 4.69. The fourth-order valence-electron chi connectivity index (χ4n) is 4.62. The number of hydrogen-bond donors (Lipinski definition) is 0. The van der Waals surface area contributed by atoms with Gasteiger partial charge in [0.15, 0.2) is 0 Å². The Labute approximate surface area is 168 Å². The zero-order chi connectivity index (χ0) is 20.0. The van der Waals surface area contributed by atoms with Crippen LogP contribution in [0.5, 0.6) is 0 Å². The number of amides is 1. The van der Waals surface area contributed by atoms with Gasteiger partial charge in [-0.15, -0.1) is 0 Å². The molecule has 0 saturated carbocycles. The smallest absolute Gasteiger partial charge is 0.226 e. The number of hydrogen-bond acceptors (Lipinski definition) is 2. The Kier molecular flexibility index (Phi) is 4.49. The van der Waals surface area contributed by atoms with E-state index in [1.54, 1.807) is 18.2 Å². The number of piperazine rings is 1. The van der Waals surface area contributed by atoms with Crippen molar-refractivity contribution in [2.75, 3.05) is 31.1 Å². The van der Waals surface area contributed by atoms with Crippen molar-refractivity contribution in [2.24, 2.45) is 5.92 Å². The molecule has 3 aliphatic rings. The van der Waals surface area contributed by atoms with Crippen molar-refractivity contribution in [3.05, 3.63) is 65.4 Å². The van der Waals surface area contributed by atoms with E-state index in [1.807, 2.05) is 4.90 Å². The first-order valence-electron chi connectivity index (χ1n) is 10.1. The molecular weight excluding hydrogens is 372 g/mol. The summed E-state index contributed by atoms with van der Waals surface area (Å²) >= 11 is 0. The Morgan fingerprint density at radius 3 is 2.45 bits per heavy atom. The first-order valence-corrected chi connectivity index (χ1v) is 10.1. The second kappa shape index (κ2) is 7.17. The van der Waals surface area contributed by atoms with Crippen LogP contribution in [0.1, 0.15) is 24.8 Å². The van der Waals surface area contributed by atoms with E-state index in [-0.39, 0.29) is 23.5 Å². The summed E-state index contributed by atoms with van der Waals surface area (Å²) in [6.07, 6.45) is 2.18. The number of fused-ring (bicyclic) bond motifs is 2. The average molecular weight is 394 g/mol. The van der Waals surface area contributed by atoms with Crippen molar-refractivity contribution >= 4 is 22.9 Å². The Balaban J connectivity index is 1.24. The summed E-state index contributed by atoms with van der Waals surface area (Å²) in [5.74, 6) is -0.401. The zero-order valence-corrected chi connectivity index (χ0v) is 16.1. The molecule has 0 aromatic heterocycles. The van der Waals surface area contributed by atoms with Gasteiger partial charge in [-0.25, -0.2) is 8.78 Å². The highest BCUT2D eigenvalue weighted by Crippen LogP contribution is 2.44. The minimum absolute atomic E-state index is 0.0736. The van der Waals surface area contributed by atoms with Crippen LogP contribution in [-0.4, -0.2) is 37.0 Å². The highest BCUT2D eigenvalue weighted by atomic mass is 19.1. The molecule has 2 heterocycles. The predicted octanol–water partition coefficient (Wildman–Crippen LogP) is 4.07. The minimum atomic E-state index is -0.266. The van der Waals surface area contributed by atoms with Crippen molar-refractivity contribution < 1.29 is 13.6 Å². The third kappa shape index (κ3) is 3.37. The zero-order valence-electron chi connectivity index (χ0n) is 16.1. The molecule has 2 aromatic rings. The molecule has 4 nitrogen and oxygen atoms in total. The number of carbonyl (C=O) groups is 1.